The Bertz CT molecular complexity index is 791. The minimum atomic E-state index is -0.477. The summed E-state index contributed by atoms with van der Waals surface area (Å²) in [6, 6.07) is 8.02. The van der Waals surface area contributed by atoms with Gasteiger partial charge in [0.05, 0.1) is 37.7 Å². The Morgan fingerprint density at radius 2 is 2.04 bits per heavy atom. The largest absolute Gasteiger partial charge is 0.423 e. The van der Waals surface area contributed by atoms with E-state index in [1.165, 1.54) is 0 Å². The maximum absolute atomic E-state index is 10.3. The number of nitrogens with zero attached hydrogens (tertiary/aromatic N) is 4. The Kier molecular flexibility index (Phi) is 4.64. The molecule has 4 rings (SSSR count). The third-order valence-corrected chi connectivity index (χ3v) is 4.15. The standard InChI is InChI=1S/C17H21N5O3/c23-14(11-21-5-7-24-8-6-21)12-22-10-13(9-18-22)19-17-20-15-3-1-2-4-16(15)25-17/h1-4,9-10,14,23H,5-8,11-12H2,(H,19,20). The molecule has 8 nitrogen and oxygen atoms in total. The predicted octanol–water partition coefficient (Wildman–Crippen LogP) is 1.46. The average molecular weight is 343 g/mol. The quantitative estimate of drug-likeness (QED) is 0.700. The Labute approximate surface area is 145 Å². The number of β-amino-alcohol motifs (C(OH)–C–C–N with tert-alkyl or cyclic N) is 1. The molecule has 2 aromatic heterocycles. The van der Waals surface area contributed by atoms with Gasteiger partial charge in [0.25, 0.3) is 6.01 Å². The lowest BCUT2D eigenvalue weighted by molar-refractivity contribution is 0.0108. The number of anilines is 2. The lowest BCUT2D eigenvalue weighted by Gasteiger charge is -2.28. The number of ether oxygens (including phenoxy) is 1. The summed E-state index contributed by atoms with van der Waals surface area (Å²) in [7, 11) is 0. The van der Waals surface area contributed by atoms with Gasteiger partial charge in [0.2, 0.25) is 0 Å². The molecule has 1 unspecified atom stereocenters. The molecule has 0 saturated carbocycles. The van der Waals surface area contributed by atoms with Crippen LogP contribution in [-0.4, -0.2) is 63.7 Å². The number of benzene rings is 1. The van der Waals surface area contributed by atoms with Gasteiger partial charge in [-0.2, -0.15) is 10.1 Å². The molecule has 0 bridgehead atoms. The second-order valence-electron chi connectivity index (χ2n) is 6.13. The molecule has 1 fully saturated rings. The fourth-order valence-corrected chi connectivity index (χ4v) is 2.93. The molecule has 3 aromatic rings. The summed E-state index contributed by atoms with van der Waals surface area (Å²) in [6.07, 6.45) is 3.04. The molecule has 3 heterocycles. The monoisotopic (exact) mass is 343 g/mol. The first-order chi connectivity index (χ1) is 12.3. The molecule has 25 heavy (non-hydrogen) atoms. The summed E-state index contributed by atoms with van der Waals surface area (Å²) >= 11 is 0. The highest BCUT2D eigenvalue weighted by Crippen LogP contribution is 2.21. The van der Waals surface area contributed by atoms with E-state index in [0.717, 1.165) is 43.1 Å². The van der Waals surface area contributed by atoms with Crippen LogP contribution in [0.5, 0.6) is 0 Å². The first-order valence-electron chi connectivity index (χ1n) is 8.39. The number of aliphatic hydroxyl groups excluding tert-OH is 1. The van der Waals surface area contributed by atoms with E-state index in [9.17, 15) is 5.11 Å². The molecule has 1 saturated heterocycles. The molecule has 0 amide bonds. The van der Waals surface area contributed by atoms with E-state index in [4.69, 9.17) is 9.15 Å². The van der Waals surface area contributed by atoms with Gasteiger partial charge in [0, 0.05) is 25.8 Å². The minimum Gasteiger partial charge on any atom is -0.423 e. The zero-order valence-electron chi connectivity index (χ0n) is 13.8. The van der Waals surface area contributed by atoms with Gasteiger partial charge >= 0.3 is 0 Å². The third kappa shape index (κ3) is 3.98. The maximum atomic E-state index is 10.3. The van der Waals surface area contributed by atoms with Crippen molar-refractivity contribution in [1.29, 1.82) is 0 Å². The summed E-state index contributed by atoms with van der Waals surface area (Å²) in [5.41, 5.74) is 2.31. The van der Waals surface area contributed by atoms with Crippen LogP contribution in [0.3, 0.4) is 0 Å². The van der Waals surface area contributed by atoms with Crippen molar-refractivity contribution in [2.45, 2.75) is 12.6 Å². The molecule has 0 radical (unpaired) electrons. The number of nitrogens with one attached hydrogen (secondary N) is 1. The van der Waals surface area contributed by atoms with Gasteiger partial charge in [-0.3, -0.25) is 9.58 Å². The number of aliphatic hydroxyl groups is 1. The predicted molar refractivity (Wildman–Crippen MR) is 92.8 cm³/mol. The first-order valence-corrected chi connectivity index (χ1v) is 8.39. The van der Waals surface area contributed by atoms with Crippen molar-refractivity contribution in [3.63, 3.8) is 0 Å². The Balaban J connectivity index is 1.34. The Hall–Kier alpha value is -2.42. The zero-order valence-corrected chi connectivity index (χ0v) is 13.8. The molecule has 8 heteroatoms. The van der Waals surface area contributed by atoms with Gasteiger partial charge in [-0.25, -0.2) is 0 Å². The third-order valence-electron chi connectivity index (χ3n) is 4.15. The Morgan fingerprint density at radius 3 is 2.88 bits per heavy atom. The van der Waals surface area contributed by atoms with Crippen molar-refractivity contribution in [2.24, 2.45) is 0 Å². The van der Waals surface area contributed by atoms with Gasteiger partial charge in [-0.05, 0) is 12.1 Å². The van der Waals surface area contributed by atoms with Crippen molar-refractivity contribution < 1.29 is 14.3 Å². The highest BCUT2D eigenvalue weighted by Gasteiger charge is 2.16. The van der Waals surface area contributed by atoms with Crippen molar-refractivity contribution in [3.8, 4) is 0 Å². The summed E-state index contributed by atoms with van der Waals surface area (Å²) in [5, 5.41) is 17.6. The SMILES string of the molecule is OC(CN1CCOCC1)Cn1cc(Nc2nc3ccccc3o2)cn1. The van der Waals surface area contributed by atoms with Crippen LogP contribution in [0, 0.1) is 0 Å². The molecule has 0 aliphatic carbocycles. The number of hydrogen-bond donors (Lipinski definition) is 2. The van der Waals surface area contributed by atoms with E-state index in [-0.39, 0.29) is 0 Å². The van der Waals surface area contributed by atoms with Crippen LogP contribution in [0.1, 0.15) is 0 Å². The molecule has 1 aliphatic heterocycles. The molecule has 132 valence electrons. The van der Waals surface area contributed by atoms with Crippen LogP contribution in [0.25, 0.3) is 11.1 Å². The van der Waals surface area contributed by atoms with E-state index in [2.05, 4.69) is 20.3 Å². The van der Waals surface area contributed by atoms with Gasteiger partial charge < -0.3 is 19.6 Å². The van der Waals surface area contributed by atoms with Crippen LogP contribution in [-0.2, 0) is 11.3 Å². The number of para-hydroxylation sites is 2. The fourth-order valence-electron chi connectivity index (χ4n) is 2.93. The van der Waals surface area contributed by atoms with Crippen LogP contribution in [0.15, 0.2) is 41.1 Å². The lowest BCUT2D eigenvalue weighted by Crippen LogP contribution is -2.42. The number of aromatic nitrogens is 3. The van der Waals surface area contributed by atoms with E-state index < -0.39 is 6.10 Å². The smallest absolute Gasteiger partial charge is 0.300 e. The van der Waals surface area contributed by atoms with Crippen molar-refractivity contribution in [3.05, 3.63) is 36.7 Å². The van der Waals surface area contributed by atoms with E-state index in [0.29, 0.717) is 19.1 Å². The highest BCUT2D eigenvalue weighted by atomic mass is 16.5. The molecule has 1 aromatic carbocycles. The lowest BCUT2D eigenvalue weighted by atomic mass is 10.3. The average Bonchev–Trinajstić information content (AvgIpc) is 3.22. The van der Waals surface area contributed by atoms with Crippen LogP contribution in [0.2, 0.25) is 0 Å². The van der Waals surface area contributed by atoms with E-state index >= 15 is 0 Å². The molecular weight excluding hydrogens is 322 g/mol. The second kappa shape index (κ2) is 7.22. The van der Waals surface area contributed by atoms with Crippen LogP contribution < -0.4 is 5.32 Å². The number of oxazole rings is 1. The number of hydrogen-bond acceptors (Lipinski definition) is 7. The molecule has 0 spiro atoms. The summed E-state index contributed by atoms with van der Waals surface area (Å²) in [4.78, 5) is 6.58. The van der Waals surface area contributed by atoms with Gasteiger partial charge in [0.1, 0.15) is 5.52 Å². The highest BCUT2D eigenvalue weighted by molar-refractivity contribution is 5.74. The summed E-state index contributed by atoms with van der Waals surface area (Å²) in [6.45, 7) is 4.24. The molecular formula is C17H21N5O3. The summed E-state index contributed by atoms with van der Waals surface area (Å²) in [5.74, 6) is 0. The maximum Gasteiger partial charge on any atom is 0.300 e. The zero-order chi connectivity index (χ0) is 17.1. The van der Waals surface area contributed by atoms with Gasteiger partial charge in [-0.1, -0.05) is 12.1 Å². The van der Waals surface area contributed by atoms with Gasteiger partial charge in [-0.15, -0.1) is 0 Å². The minimum absolute atomic E-state index is 0.426. The normalized spacial score (nSPS) is 17.0. The molecule has 1 atom stereocenters. The van der Waals surface area contributed by atoms with Crippen molar-refractivity contribution >= 4 is 22.8 Å². The second-order valence-corrected chi connectivity index (χ2v) is 6.13. The number of rotatable bonds is 6. The summed E-state index contributed by atoms with van der Waals surface area (Å²) < 4.78 is 12.7. The number of morpholine rings is 1. The fraction of sp³-hybridized carbons (Fsp3) is 0.412. The van der Waals surface area contributed by atoms with Gasteiger partial charge in [0.15, 0.2) is 5.58 Å². The topological polar surface area (TPSA) is 88.6 Å². The van der Waals surface area contributed by atoms with Crippen LogP contribution >= 0.6 is 0 Å². The van der Waals surface area contributed by atoms with Crippen molar-refractivity contribution in [1.82, 2.24) is 19.7 Å². The molecule has 1 aliphatic rings. The Morgan fingerprint density at radius 1 is 1.20 bits per heavy atom. The van der Waals surface area contributed by atoms with Crippen molar-refractivity contribution in [2.75, 3.05) is 38.2 Å². The first kappa shape index (κ1) is 16.1. The van der Waals surface area contributed by atoms with E-state index in [1.54, 1.807) is 10.9 Å². The van der Waals surface area contributed by atoms with Crippen LogP contribution in [0.4, 0.5) is 11.7 Å². The molecule has 2 N–H and O–H groups in total. The van der Waals surface area contributed by atoms with E-state index in [1.807, 2.05) is 30.5 Å². The number of fused-ring (bicyclic) bond motifs is 1.